The van der Waals surface area contributed by atoms with Crippen LogP contribution in [0, 0.1) is 5.92 Å². The number of unbranched alkanes of at least 4 members (excludes halogenated alkanes) is 2. The summed E-state index contributed by atoms with van der Waals surface area (Å²) >= 11 is 0. The fourth-order valence-electron chi connectivity index (χ4n) is 5.65. The molecule has 1 aromatic heterocycles. The molecule has 0 saturated carbocycles. The molecular formula is C31H44N2O3. The third-order valence-electron chi connectivity index (χ3n) is 8.14. The van der Waals surface area contributed by atoms with Crippen LogP contribution in [0.25, 0.3) is 11.1 Å². The van der Waals surface area contributed by atoms with Gasteiger partial charge in [0.2, 0.25) is 0 Å². The number of ether oxygens (including phenoxy) is 2. The van der Waals surface area contributed by atoms with Crippen LogP contribution in [0.2, 0.25) is 0 Å². The SMILES string of the molecule is CCCCCC(C)C(C)c1cc(OC(=O)CCN2CCCCC2)c2c(c1)OC(C)(C)c1ccncc1-2. The highest BCUT2D eigenvalue weighted by atomic mass is 16.5. The van der Waals surface area contributed by atoms with Crippen LogP contribution in [-0.4, -0.2) is 35.5 Å². The summed E-state index contributed by atoms with van der Waals surface area (Å²) in [5.41, 5.74) is 3.57. The summed E-state index contributed by atoms with van der Waals surface area (Å²) in [6, 6.07) is 6.25. The second-order valence-corrected chi connectivity index (χ2v) is 11.3. The van der Waals surface area contributed by atoms with Crippen LogP contribution in [0.1, 0.15) is 103 Å². The van der Waals surface area contributed by atoms with Crippen molar-refractivity contribution in [2.75, 3.05) is 19.6 Å². The number of fused-ring (bicyclic) bond motifs is 3. The Morgan fingerprint density at radius 1 is 1.17 bits per heavy atom. The van der Waals surface area contributed by atoms with E-state index in [2.05, 4.69) is 56.6 Å². The Morgan fingerprint density at radius 2 is 1.94 bits per heavy atom. The zero-order valence-electron chi connectivity index (χ0n) is 22.9. The molecule has 0 aliphatic carbocycles. The first-order valence-electron chi connectivity index (χ1n) is 14.0. The Hall–Kier alpha value is -2.40. The van der Waals surface area contributed by atoms with Gasteiger partial charge in [-0.05, 0) is 75.4 Å². The van der Waals surface area contributed by atoms with Crippen molar-refractivity contribution in [1.82, 2.24) is 9.88 Å². The van der Waals surface area contributed by atoms with Crippen molar-refractivity contribution >= 4 is 5.97 Å². The number of rotatable bonds is 10. The lowest BCUT2D eigenvalue weighted by atomic mass is 9.82. The fraction of sp³-hybridized carbons (Fsp3) is 0.613. The van der Waals surface area contributed by atoms with E-state index in [0.717, 1.165) is 42.1 Å². The summed E-state index contributed by atoms with van der Waals surface area (Å²) in [4.78, 5) is 19.8. The van der Waals surface area contributed by atoms with E-state index in [9.17, 15) is 4.79 Å². The molecule has 5 heteroatoms. The number of hydrogen-bond acceptors (Lipinski definition) is 5. The van der Waals surface area contributed by atoms with E-state index >= 15 is 0 Å². The number of hydrogen-bond donors (Lipinski definition) is 0. The lowest BCUT2D eigenvalue weighted by Crippen LogP contribution is -2.32. The molecule has 2 atom stereocenters. The maximum atomic E-state index is 13.1. The zero-order valence-corrected chi connectivity index (χ0v) is 22.9. The topological polar surface area (TPSA) is 51.7 Å². The van der Waals surface area contributed by atoms with Crippen LogP contribution < -0.4 is 9.47 Å². The van der Waals surface area contributed by atoms with Gasteiger partial charge in [-0.3, -0.25) is 9.78 Å². The average Bonchev–Trinajstić information content (AvgIpc) is 2.87. The molecular weight excluding hydrogens is 448 g/mol. The Kier molecular flexibility index (Phi) is 8.71. The van der Waals surface area contributed by atoms with E-state index in [4.69, 9.17) is 9.47 Å². The molecule has 1 fully saturated rings. The number of carbonyl (C=O) groups is 1. The van der Waals surface area contributed by atoms with Gasteiger partial charge >= 0.3 is 5.97 Å². The van der Waals surface area contributed by atoms with Crippen molar-refractivity contribution in [2.45, 2.75) is 97.5 Å². The Bertz CT molecular complexity index is 1040. The minimum Gasteiger partial charge on any atom is -0.482 e. The number of likely N-dealkylation sites (tertiary alicyclic amines) is 1. The molecule has 1 saturated heterocycles. The smallest absolute Gasteiger partial charge is 0.312 e. The van der Waals surface area contributed by atoms with Crippen molar-refractivity contribution in [3.05, 3.63) is 41.7 Å². The predicted molar refractivity (Wildman–Crippen MR) is 146 cm³/mol. The van der Waals surface area contributed by atoms with Gasteiger partial charge in [0.25, 0.3) is 0 Å². The van der Waals surface area contributed by atoms with Crippen molar-refractivity contribution < 1.29 is 14.3 Å². The maximum Gasteiger partial charge on any atom is 0.312 e. The highest BCUT2D eigenvalue weighted by molar-refractivity contribution is 5.85. The first kappa shape index (κ1) is 26.7. The van der Waals surface area contributed by atoms with Crippen molar-refractivity contribution in [3.63, 3.8) is 0 Å². The van der Waals surface area contributed by atoms with Gasteiger partial charge in [0.05, 0.1) is 12.0 Å². The molecule has 0 spiro atoms. The zero-order chi connectivity index (χ0) is 25.7. The van der Waals surface area contributed by atoms with E-state index in [1.165, 1.54) is 50.5 Å². The summed E-state index contributed by atoms with van der Waals surface area (Å²) in [7, 11) is 0. The van der Waals surface area contributed by atoms with E-state index in [1.807, 2.05) is 12.3 Å². The number of pyridine rings is 1. The maximum absolute atomic E-state index is 13.1. The molecule has 0 radical (unpaired) electrons. The molecule has 0 bridgehead atoms. The molecule has 4 rings (SSSR count). The lowest BCUT2D eigenvalue weighted by molar-refractivity contribution is -0.134. The molecule has 1 aromatic carbocycles. The first-order valence-corrected chi connectivity index (χ1v) is 14.0. The number of carbonyl (C=O) groups excluding carboxylic acids is 1. The first-order chi connectivity index (χ1) is 17.3. The van der Waals surface area contributed by atoms with Crippen LogP contribution in [0.5, 0.6) is 11.5 Å². The molecule has 2 aliphatic rings. The van der Waals surface area contributed by atoms with Crippen LogP contribution in [0.3, 0.4) is 0 Å². The van der Waals surface area contributed by atoms with Gasteiger partial charge in [0, 0.05) is 30.1 Å². The monoisotopic (exact) mass is 492 g/mol. The summed E-state index contributed by atoms with van der Waals surface area (Å²) in [5.74, 6) is 2.06. The summed E-state index contributed by atoms with van der Waals surface area (Å²) < 4.78 is 12.7. The lowest BCUT2D eigenvalue weighted by Gasteiger charge is -2.36. The number of aromatic nitrogens is 1. The van der Waals surface area contributed by atoms with Crippen molar-refractivity contribution in [1.29, 1.82) is 0 Å². The Morgan fingerprint density at radius 3 is 2.69 bits per heavy atom. The van der Waals surface area contributed by atoms with Crippen LogP contribution in [0.15, 0.2) is 30.6 Å². The highest BCUT2D eigenvalue weighted by Crippen LogP contribution is 2.50. The number of esters is 1. The van der Waals surface area contributed by atoms with E-state index in [-0.39, 0.29) is 5.97 Å². The second-order valence-electron chi connectivity index (χ2n) is 11.3. The molecule has 36 heavy (non-hydrogen) atoms. The minimum atomic E-state index is -0.491. The Balaban J connectivity index is 1.64. The second kappa shape index (κ2) is 11.8. The molecule has 0 N–H and O–H groups in total. The molecule has 196 valence electrons. The van der Waals surface area contributed by atoms with Gasteiger partial charge in [-0.2, -0.15) is 0 Å². The van der Waals surface area contributed by atoms with Crippen molar-refractivity contribution in [3.8, 4) is 22.6 Å². The molecule has 2 aliphatic heterocycles. The molecule has 5 nitrogen and oxygen atoms in total. The van der Waals surface area contributed by atoms with Gasteiger partial charge in [-0.15, -0.1) is 0 Å². The minimum absolute atomic E-state index is 0.182. The van der Waals surface area contributed by atoms with E-state index in [1.54, 1.807) is 6.20 Å². The van der Waals surface area contributed by atoms with Crippen LogP contribution in [0.4, 0.5) is 0 Å². The average molecular weight is 493 g/mol. The third kappa shape index (κ3) is 6.11. The molecule has 0 amide bonds. The summed E-state index contributed by atoms with van der Waals surface area (Å²) in [6.45, 7) is 13.9. The van der Waals surface area contributed by atoms with Crippen LogP contribution in [-0.2, 0) is 10.4 Å². The quantitative estimate of drug-likeness (QED) is 0.195. The third-order valence-corrected chi connectivity index (χ3v) is 8.14. The normalized spacial score (nSPS) is 18.5. The summed E-state index contributed by atoms with van der Waals surface area (Å²) in [5, 5.41) is 0. The number of benzene rings is 1. The number of nitrogens with zero attached hydrogens (tertiary/aromatic N) is 2. The highest BCUT2D eigenvalue weighted by Gasteiger charge is 2.35. The van der Waals surface area contributed by atoms with Crippen molar-refractivity contribution in [2.24, 2.45) is 5.92 Å². The molecule has 2 aromatic rings. The van der Waals surface area contributed by atoms with Gasteiger partial charge in [-0.25, -0.2) is 0 Å². The molecule has 2 unspecified atom stereocenters. The molecule has 3 heterocycles. The van der Waals surface area contributed by atoms with Gasteiger partial charge in [-0.1, -0.05) is 52.9 Å². The predicted octanol–water partition coefficient (Wildman–Crippen LogP) is 7.48. The van der Waals surface area contributed by atoms with Gasteiger partial charge in [0.15, 0.2) is 0 Å². The van der Waals surface area contributed by atoms with E-state index in [0.29, 0.717) is 24.0 Å². The van der Waals surface area contributed by atoms with Gasteiger partial charge in [0.1, 0.15) is 17.1 Å². The fourth-order valence-corrected chi connectivity index (χ4v) is 5.65. The van der Waals surface area contributed by atoms with E-state index < -0.39 is 5.60 Å². The van der Waals surface area contributed by atoms with Gasteiger partial charge < -0.3 is 14.4 Å². The number of piperidine rings is 1. The largest absolute Gasteiger partial charge is 0.482 e. The van der Waals surface area contributed by atoms with Crippen LogP contribution >= 0.6 is 0 Å². The summed E-state index contributed by atoms with van der Waals surface area (Å²) in [6.07, 6.45) is 12.7. The standard InChI is InChI=1S/C31H44N2O3/c1-6-7-9-12-22(2)23(3)24-19-27(35-29(34)14-18-33-16-10-8-11-17-33)30-25-21-32-15-13-26(25)31(4,5)36-28(30)20-24/h13,15,19-23H,6-12,14,16-18H2,1-5H3. The Labute approximate surface area is 217 Å².